The Morgan fingerprint density at radius 1 is 1.69 bits per heavy atom. The van der Waals surface area contributed by atoms with Crippen molar-refractivity contribution in [1.82, 2.24) is 14.9 Å². The molecule has 5 heteroatoms. The van der Waals surface area contributed by atoms with Crippen molar-refractivity contribution < 1.29 is 9.53 Å². The quantitative estimate of drug-likeness (QED) is 0.436. The number of nitrogens with one attached hydrogen (secondary N) is 1. The number of ether oxygens (including phenoxy) is 1. The number of carbonyl (C=O) groups is 1. The average molecular weight is 223 g/mol. The van der Waals surface area contributed by atoms with Crippen molar-refractivity contribution in [2.45, 2.75) is 13.5 Å². The molecule has 0 amide bonds. The standard InChI is InChI=1S/C11H17N3O2/c1-3-16-11(15)5-4-6-12-9-10-13-7-8-14(10)2/h4-5,7-8,12H,3,6,9H2,1-2H3/b5-4+. The monoisotopic (exact) mass is 223 g/mol. The van der Waals surface area contributed by atoms with Crippen molar-refractivity contribution in [1.29, 1.82) is 0 Å². The molecule has 0 radical (unpaired) electrons. The molecule has 0 fully saturated rings. The van der Waals surface area contributed by atoms with Gasteiger partial charge in [0.05, 0.1) is 13.2 Å². The molecule has 0 saturated heterocycles. The smallest absolute Gasteiger partial charge is 0.330 e. The summed E-state index contributed by atoms with van der Waals surface area (Å²) < 4.78 is 6.69. The molecule has 1 N–H and O–H groups in total. The zero-order valence-electron chi connectivity index (χ0n) is 9.64. The van der Waals surface area contributed by atoms with E-state index in [2.05, 4.69) is 10.3 Å². The minimum absolute atomic E-state index is 0.304. The topological polar surface area (TPSA) is 56.1 Å². The summed E-state index contributed by atoms with van der Waals surface area (Å²) in [6, 6.07) is 0. The van der Waals surface area contributed by atoms with Crippen molar-refractivity contribution in [2.75, 3.05) is 13.2 Å². The van der Waals surface area contributed by atoms with Crippen LogP contribution in [0.5, 0.6) is 0 Å². The fourth-order valence-electron chi connectivity index (χ4n) is 1.18. The van der Waals surface area contributed by atoms with Gasteiger partial charge in [-0.05, 0) is 6.92 Å². The van der Waals surface area contributed by atoms with E-state index in [1.807, 2.05) is 17.8 Å². The Hall–Kier alpha value is -1.62. The Bertz CT molecular complexity index is 358. The molecule has 0 unspecified atom stereocenters. The van der Waals surface area contributed by atoms with Crippen molar-refractivity contribution >= 4 is 5.97 Å². The first kappa shape index (κ1) is 12.4. The molecule has 1 aromatic heterocycles. The van der Waals surface area contributed by atoms with Crippen molar-refractivity contribution in [3.05, 3.63) is 30.4 Å². The first-order chi connectivity index (χ1) is 7.74. The lowest BCUT2D eigenvalue weighted by atomic mass is 10.4. The van der Waals surface area contributed by atoms with Gasteiger partial charge in [0.25, 0.3) is 0 Å². The van der Waals surface area contributed by atoms with Crippen molar-refractivity contribution in [3.63, 3.8) is 0 Å². The van der Waals surface area contributed by atoms with Crippen LogP contribution in [-0.2, 0) is 23.1 Å². The van der Waals surface area contributed by atoms with Crippen LogP contribution in [0.3, 0.4) is 0 Å². The summed E-state index contributed by atoms with van der Waals surface area (Å²) in [7, 11) is 1.94. The molecule has 0 spiro atoms. The van der Waals surface area contributed by atoms with Gasteiger partial charge in [0.2, 0.25) is 0 Å². The van der Waals surface area contributed by atoms with Gasteiger partial charge in [-0.1, -0.05) is 6.08 Å². The molecule has 0 aliphatic carbocycles. The van der Waals surface area contributed by atoms with Gasteiger partial charge in [-0.3, -0.25) is 0 Å². The van der Waals surface area contributed by atoms with Gasteiger partial charge < -0.3 is 14.6 Å². The largest absolute Gasteiger partial charge is 0.463 e. The maximum atomic E-state index is 10.9. The summed E-state index contributed by atoms with van der Waals surface area (Å²) in [6.07, 6.45) is 6.81. The maximum absolute atomic E-state index is 10.9. The molecule has 1 heterocycles. The van der Waals surface area contributed by atoms with Crippen molar-refractivity contribution in [3.8, 4) is 0 Å². The van der Waals surface area contributed by atoms with Crippen LogP contribution in [-0.4, -0.2) is 28.7 Å². The van der Waals surface area contributed by atoms with Crippen LogP contribution < -0.4 is 5.32 Å². The van der Waals surface area contributed by atoms with E-state index in [1.54, 1.807) is 19.2 Å². The fourth-order valence-corrected chi connectivity index (χ4v) is 1.18. The second kappa shape index (κ2) is 6.79. The highest BCUT2D eigenvalue weighted by atomic mass is 16.5. The van der Waals surface area contributed by atoms with Gasteiger partial charge in [0, 0.05) is 32.1 Å². The number of esters is 1. The highest BCUT2D eigenvalue weighted by Crippen LogP contribution is 1.92. The SMILES string of the molecule is CCOC(=O)/C=C/CNCc1nccn1C. The van der Waals surface area contributed by atoms with Gasteiger partial charge in [0.15, 0.2) is 0 Å². The van der Waals surface area contributed by atoms with E-state index in [1.165, 1.54) is 6.08 Å². The summed E-state index contributed by atoms with van der Waals surface area (Å²) in [4.78, 5) is 15.1. The molecular weight excluding hydrogens is 206 g/mol. The van der Waals surface area contributed by atoms with E-state index < -0.39 is 0 Å². The summed E-state index contributed by atoms with van der Waals surface area (Å²) in [6.45, 7) is 3.48. The molecule has 0 bridgehead atoms. The minimum Gasteiger partial charge on any atom is -0.463 e. The van der Waals surface area contributed by atoms with Crippen LogP contribution in [0.4, 0.5) is 0 Å². The highest BCUT2D eigenvalue weighted by Gasteiger charge is 1.96. The molecule has 0 atom stereocenters. The van der Waals surface area contributed by atoms with Crippen LogP contribution in [0.1, 0.15) is 12.7 Å². The molecule has 0 aliphatic rings. The maximum Gasteiger partial charge on any atom is 0.330 e. The Morgan fingerprint density at radius 3 is 3.12 bits per heavy atom. The zero-order chi connectivity index (χ0) is 11.8. The normalized spacial score (nSPS) is 10.9. The third kappa shape index (κ3) is 4.27. The fraction of sp³-hybridized carbons (Fsp3) is 0.455. The van der Waals surface area contributed by atoms with Crippen LogP contribution in [0, 0.1) is 0 Å². The van der Waals surface area contributed by atoms with Crippen LogP contribution in [0.2, 0.25) is 0 Å². The van der Waals surface area contributed by atoms with Gasteiger partial charge in [-0.25, -0.2) is 9.78 Å². The average Bonchev–Trinajstić information content (AvgIpc) is 2.64. The molecule has 0 aliphatic heterocycles. The number of carbonyl (C=O) groups excluding carboxylic acids is 1. The Kier molecular flexibility index (Phi) is 5.28. The van der Waals surface area contributed by atoms with Gasteiger partial charge in [-0.15, -0.1) is 0 Å². The third-order valence-electron chi connectivity index (χ3n) is 2.01. The van der Waals surface area contributed by atoms with E-state index in [-0.39, 0.29) is 5.97 Å². The molecule has 0 saturated carbocycles. The van der Waals surface area contributed by atoms with E-state index in [0.29, 0.717) is 19.7 Å². The summed E-state index contributed by atoms with van der Waals surface area (Å²) in [5, 5.41) is 3.15. The number of aryl methyl sites for hydroxylation is 1. The lowest BCUT2D eigenvalue weighted by Crippen LogP contribution is -2.16. The van der Waals surface area contributed by atoms with Crippen LogP contribution >= 0.6 is 0 Å². The second-order valence-electron chi connectivity index (χ2n) is 3.24. The number of imidazole rings is 1. The molecule has 5 nitrogen and oxygen atoms in total. The van der Waals surface area contributed by atoms with Crippen molar-refractivity contribution in [2.24, 2.45) is 7.05 Å². The van der Waals surface area contributed by atoms with E-state index >= 15 is 0 Å². The third-order valence-corrected chi connectivity index (χ3v) is 2.01. The predicted octanol–water partition coefficient (Wildman–Crippen LogP) is 0.629. The summed E-state index contributed by atoms with van der Waals surface area (Å²) in [5.41, 5.74) is 0. The number of aromatic nitrogens is 2. The minimum atomic E-state index is -0.304. The molecule has 16 heavy (non-hydrogen) atoms. The first-order valence-corrected chi connectivity index (χ1v) is 5.24. The molecule has 1 rings (SSSR count). The Morgan fingerprint density at radius 2 is 2.50 bits per heavy atom. The number of rotatable bonds is 6. The second-order valence-corrected chi connectivity index (χ2v) is 3.24. The number of hydrogen-bond donors (Lipinski definition) is 1. The molecular formula is C11H17N3O2. The zero-order valence-corrected chi connectivity index (χ0v) is 9.64. The molecule has 88 valence electrons. The van der Waals surface area contributed by atoms with Crippen LogP contribution in [0.15, 0.2) is 24.5 Å². The Labute approximate surface area is 95.1 Å². The molecule has 0 aromatic carbocycles. The number of hydrogen-bond acceptors (Lipinski definition) is 4. The van der Waals surface area contributed by atoms with Gasteiger partial charge in [-0.2, -0.15) is 0 Å². The number of nitrogens with zero attached hydrogens (tertiary/aromatic N) is 2. The first-order valence-electron chi connectivity index (χ1n) is 5.24. The van der Waals surface area contributed by atoms with E-state index in [4.69, 9.17) is 4.74 Å². The summed E-state index contributed by atoms with van der Waals surface area (Å²) >= 11 is 0. The van der Waals surface area contributed by atoms with Gasteiger partial charge >= 0.3 is 5.97 Å². The lowest BCUT2D eigenvalue weighted by Gasteiger charge is -2.01. The van der Waals surface area contributed by atoms with E-state index in [0.717, 1.165) is 5.82 Å². The lowest BCUT2D eigenvalue weighted by molar-refractivity contribution is -0.137. The highest BCUT2D eigenvalue weighted by molar-refractivity contribution is 5.81. The van der Waals surface area contributed by atoms with E-state index in [9.17, 15) is 4.79 Å². The Balaban J connectivity index is 2.17. The molecule has 1 aromatic rings. The van der Waals surface area contributed by atoms with Gasteiger partial charge in [0.1, 0.15) is 5.82 Å². The summed E-state index contributed by atoms with van der Waals surface area (Å²) in [5.74, 6) is 0.658. The predicted molar refractivity (Wildman–Crippen MR) is 60.7 cm³/mol. The van der Waals surface area contributed by atoms with Crippen LogP contribution in [0.25, 0.3) is 0 Å².